The standard InChI is InChI=1S/C23H31N3O/c1-23(2,3)20-9-11-21(12-10-20)24-17-22(27)26-15-13-25(14-16-26)18-19-7-5-4-6-8-19/h4-12,24H,13-18H2,1-3H3. The summed E-state index contributed by atoms with van der Waals surface area (Å²) >= 11 is 0. The van der Waals surface area contributed by atoms with Gasteiger partial charge in [0, 0.05) is 38.4 Å². The zero-order valence-corrected chi connectivity index (χ0v) is 16.7. The molecule has 1 N–H and O–H groups in total. The minimum Gasteiger partial charge on any atom is -0.376 e. The molecule has 2 aromatic rings. The summed E-state index contributed by atoms with van der Waals surface area (Å²) < 4.78 is 0. The van der Waals surface area contributed by atoms with Gasteiger partial charge < -0.3 is 10.2 Å². The highest BCUT2D eigenvalue weighted by atomic mass is 16.2. The monoisotopic (exact) mass is 365 g/mol. The van der Waals surface area contributed by atoms with Crippen molar-refractivity contribution in [3.63, 3.8) is 0 Å². The van der Waals surface area contributed by atoms with E-state index in [0.29, 0.717) is 6.54 Å². The van der Waals surface area contributed by atoms with Gasteiger partial charge in [0.25, 0.3) is 0 Å². The second-order valence-electron chi connectivity index (χ2n) is 8.32. The number of nitrogens with one attached hydrogen (secondary N) is 1. The average molecular weight is 366 g/mol. The molecule has 0 aliphatic carbocycles. The molecule has 0 radical (unpaired) electrons. The van der Waals surface area contributed by atoms with E-state index in [-0.39, 0.29) is 11.3 Å². The normalized spacial score (nSPS) is 15.6. The molecule has 4 heteroatoms. The van der Waals surface area contributed by atoms with Crippen LogP contribution < -0.4 is 5.32 Å². The third-order valence-corrected chi connectivity index (χ3v) is 5.17. The van der Waals surface area contributed by atoms with Crippen LogP contribution in [0.3, 0.4) is 0 Å². The molecule has 1 heterocycles. The van der Waals surface area contributed by atoms with E-state index in [1.54, 1.807) is 0 Å². The number of hydrogen-bond donors (Lipinski definition) is 1. The van der Waals surface area contributed by atoms with Crippen LogP contribution in [0.2, 0.25) is 0 Å². The van der Waals surface area contributed by atoms with Crippen LogP contribution in [0, 0.1) is 0 Å². The highest BCUT2D eigenvalue weighted by Crippen LogP contribution is 2.23. The summed E-state index contributed by atoms with van der Waals surface area (Å²) in [6.07, 6.45) is 0. The fraction of sp³-hybridized carbons (Fsp3) is 0.435. The van der Waals surface area contributed by atoms with Gasteiger partial charge in [0.05, 0.1) is 6.54 Å². The smallest absolute Gasteiger partial charge is 0.241 e. The molecule has 0 spiro atoms. The summed E-state index contributed by atoms with van der Waals surface area (Å²) in [7, 11) is 0. The molecule has 0 unspecified atom stereocenters. The molecule has 1 saturated heterocycles. The van der Waals surface area contributed by atoms with Crippen LogP contribution >= 0.6 is 0 Å². The molecule has 1 amide bonds. The lowest BCUT2D eigenvalue weighted by atomic mass is 9.87. The van der Waals surface area contributed by atoms with Crippen molar-refractivity contribution >= 4 is 11.6 Å². The van der Waals surface area contributed by atoms with Crippen molar-refractivity contribution < 1.29 is 4.79 Å². The number of hydrogen-bond acceptors (Lipinski definition) is 3. The molecule has 0 aromatic heterocycles. The lowest BCUT2D eigenvalue weighted by Gasteiger charge is -2.34. The van der Waals surface area contributed by atoms with E-state index in [9.17, 15) is 4.79 Å². The number of carbonyl (C=O) groups excluding carboxylic acids is 1. The maximum Gasteiger partial charge on any atom is 0.241 e. The minimum atomic E-state index is 0.147. The molecule has 1 aliphatic rings. The average Bonchev–Trinajstić information content (AvgIpc) is 2.67. The highest BCUT2D eigenvalue weighted by molar-refractivity contribution is 5.81. The highest BCUT2D eigenvalue weighted by Gasteiger charge is 2.21. The van der Waals surface area contributed by atoms with Gasteiger partial charge in [-0.2, -0.15) is 0 Å². The van der Waals surface area contributed by atoms with Crippen LogP contribution in [-0.4, -0.2) is 48.4 Å². The van der Waals surface area contributed by atoms with Crippen LogP contribution in [0.25, 0.3) is 0 Å². The molecule has 27 heavy (non-hydrogen) atoms. The Kier molecular flexibility index (Phi) is 6.17. The fourth-order valence-corrected chi connectivity index (χ4v) is 3.37. The number of piperazine rings is 1. The van der Waals surface area contributed by atoms with E-state index in [0.717, 1.165) is 38.4 Å². The second-order valence-corrected chi connectivity index (χ2v) is 8.32. The largest absolute Gasteiger partial charge is 0.376 e. The summed E-state index contributed by atoms with van der Waals surface area (Å²) in [5.41, 5.74) is 3.78. The molecular weight excluding hydrogens is 334 g/mol. The number of amides is 1. The first-order valence-corrected chi connectivity index (χ1v) is 9.80. The molecule has 1 fully saturated rings. The Morgan fingerprint density at radius 1 is 0.926 bits per heavy atom. The van der Waals surface area contributed by atoms with Crippen molar-refractivity contribution in [3.8, 4) is 0 Å². The molecule has 0 atom stereocenters. The van der Waals surface area contributed by atoms with Crippen molar-refractivity contribution in [2.75, 3.05) is 38.0 Å². The number of benzene rings is 2. The van der Waals surface area contributed by atoms with Crippen LogP contribution in [-0.2, 0) is 16.8 Å². The number of rotatable bonds is 5. The van der Waals surface area contributed by atoms with Crippen molar-refractivity contribution in [1.82, 2.24) is 9.80 Å². The number of anilines is 1. The first-order chi connectivity index (χ1) is 12.9. The molecule has 4 nitrogen and oxygen atoms in total. The first-order valence-electron chi connectivity index (χ1n) is 9.80. The van der Waals surface area contributed by atoms with Gasteiger partial charge in [-0.1, -0.05) is 63.2 Å². The summed E-state index contributed by atoms with van der Waals surface area (Å²) in [6.45, 7) is 11.4. The molecule has 2 aromatic carbocycles. The van der Waals surface area contributed by atoms with E-state index in [1.807, 2.05) is 11.0 Å². The molecule has 0 saturated carbocycles. The van der Waals surface area contributed by atoms with Gasteiger partial charge in [0.15, 0.2) is 0 Å². The predicted octanol–water partition coefficient (Wildman–Crippen LogP) is 3.74. The van der Waals surface area contributed by atoms with Crippen LogP contribution in [0.1, 0.15) is 31.9 Å². The fourth-order valence-electron chi connectivity index (χ4n) is 3.37. The summed E-state index contributed by atoms with van der Waals surface area (Å²) in [5.74, 6) is 0.175. The SMILES string of the molecule is CC(C)(C)c1ccc(NCC(=O)N2CCN(Cc3ccccc3)CC2)cc1. The third kappa shape index (κ3) is 5.57. The maximum atomic E-state index is 12.5. The third-order valence-electron chi connectivity index (χ3n) is 5.17. The van der Waals surface area contributed by atoms with Gasteiger partial charge in [0.2, 0.25) is 5.91 Å². The van der Waals surface area contributed by atoms with E-state index in [4.69, 9.17) is 0 Å². The van der Waals surface area contributed by atoms with Gasteiger partial charge in [0.1, 0.15) is 0 Å². The Bertz CT molecular complexity index is 726. The lowest BCUT2D eigenvalue weighted by Crippen LogP contribution is -2.49. The van der Waals surface area contributed by atoms with Crippen molar-refractivity contribution in [2.45, 2.75) is 32.7 Å². The van der Waals surface area contributed by atoms with Gasteiger partial charge in [-0.3, -0.25) is 9.69 Å². The Morgan fingerprint density at radius 3 is 2.15 bits per heavy atom. The van der Waals surface area contributed by atoms with Crippen LogP contribution in [0.5, 0.6) is 0 Å². The Labute approximate surface area is 163 Å². The Balaban J connectivity index is 1.43. The van der Waals surface area contributed by atoms with Crippen molar-refractivity contribution in [1.29, 1.82) is 0 Å². The topological polar surface area (TPSA) is 35.6 Å². The Hall–Kier alpha value is -2.33. The quantitative estimate of drug-likeness (QED) is 0.877. The van der Waals surface area contributed by atoms with Gasteiger partial charge in [-0.25, -0.2) is 0 Å². The summed E-state index contributed by atoms with van der Waals surface area (Å²) in [4.78, 5) is 16.9. The molecule has 1 aliphatic heterocycles. The van der Waals surface area contributed by atoms with Gasteiger partial charge in [-0.05, 0) is 28.7 Å². The lowest BCUT2D eigenvalue weighted by molar-refractivity contribution is -0.131. The minimum absolute atomic E-state index is 0.147. The summed E-state index contributed by atoms with van der Waals surface area (Å²) in [6, 6.07) is 18.9. The van der Waals surface area contributed by atoms with Crippen molar-refractivity contribution in [3.05, 3.63) is 65.7 Å². The van der Waals surface area contributed by atoms with Gasteiger partial charge in [-0.15, -0.1) is 0 Å². The maximum absolute atomic E-state index is 12.5. The van der Waals surface area contributed by atoms with Crippen molar-refractivity contribution in [2.24, 2.45) is 0 Å². The molecule has 3 rings (SSSR count). The van der Waals surface area contributed by atoms with E-state index < -0.39 is 0 Å². The molecule has 0 bridgehead atoms. The van der Waals surface area contributed by atoms with Crippen LogP contribution in [0.15, 0.2) is 54.6 Å². The molecule has 144 valence electrons. The zero-order valence-electron chi connectivity index (χ0n) is 16.7. The number of carbonyl (C=O) groups is 1. The van der Waals surface area contributed by atoms with E-state index in [1.165, 1.54) is 11.1 Å². The Morgan fingerprint density at radius 2 is 1.56 bits per heavy atom. The van der Waals surface area contributed by atoms with E-state index in [2.05, 4.69) is 79.5 Å². The summed E-state index contributed by atoms with van der Waals surface area (Å²) in [5, 5.41) is 3.27. The zero-order chi connectivity index (χ0) is 19.3. The van der Waals surface area contributed by atoms with Gasteiger partial charge >= 0.3 is 0 Å². The van der Waals surface area contributed by atoms with E-state index >= 15 is 0 Å². The molecular formula is C23H31N3O. The van der Waals surface area contributed by atoms with Crippen LogP contribution in [0.4, 0.5) is 5.69 Å². The predicted molar refractivity (Wildman–Crippen MR) is 112 cm³/mol. The second kappa shape index (κ2) is 8.57. The number of nitrogens with zero attached hydrogens (tertiary/aromatic N) is 2. The first kappa shape index (κ1) is 19.4.